The molecule has 0 aliphatic carbocycles. The van der Waals surface area contributed by atoms with Crippen molar-refractivity contribution in [2.45, 2.75) is 46.0 Å². The minimum Gasteiger partial charge on any atom is -0.339 e. The molecule has 0 saturated heterocycles. The molecule has 0 fully saturated rings. The zero-order valence-electron chi connectivity index (χ0n) is 11.2. The zero-order chi connectivity index (χ0) is 12.7. The summed E-state index contributed by atoms with van der Waals surface area (Å²) in [4.78, 5) is 14.0. The van der Waals surface area contributed by atoms with Gasteiger partial charge in [-0.05, 0) is 38.6 Å². The van der Waals surface area contributed by atoms with Gasteiger partial charge in [-0.15, -0.1) is 0 Å². The van der Waals surface area contributed by atoms with E-state index in [9.17, 15) is 4.79 Å². The lowest BCUT2D eigenvalue weighted by atomic mass is 9.96. The van der Waals surface area contributed by atoms with Gasteiger partial charge in [0, 0.05) is 19.5 Å². The van der Waals surface area contributed by atoms with Crippen molar-refractivity contribution >= 4 is 5.91 Å². The van der Waals surface area contributed by atoms with Crippen molar-refractivity contribution in [3.05, 3.63) is 11.6 Å². The third-order valence-corrected chi connectivity index (χ3v) is 3.71. The van der Waals surface area contributed by atoms with E-state index < -0.39 is 0 Å². The Morgan fingerprint density at radius 2 is 2.29 bits per heavy atom. The smallest absolute Gasteiger partial charge is 0.222 e. The van der Waals surface area contributed by atoms with Crippen LogP contribution in [-0.4, -0.2) is 30.4 Å². The number of amides is 1. The first-order valence-electron chi connectivity index (χ1n) is 6.80. The molecule has 1 atom stereocenters. The lowest BCUT2D eigenvalue weighted by Crippen LogP contribution is -2.34. The average Bonchev–Trinajstić information content (AvgIpc) is 2.35. The van der Waals surface area contributed by atoms with Crippen molar-refractivity contribution in [2.75, 3.05) is 19.6 Å². The largest absolute Gasteiger partial charge is 0.339 e. The molecule has 0 spiro atoms. The van der Waals surface area contributed by atoms with E-state index >= 15 is 0 Å². The highest BCUT2D eigenvalue weighted by Crippen LogP contribution is 2.17. The summed E-state index contributed by atoms with van der Waals surface area (Å²) in [6.45, 7) is 6.75. The van der Waals surface area contributed by atoms with Crippen LogP contribution in [0, 0.1) is 5.92 Å². The number of hydrogen-bond acceptors (Lipinski definition) is 2. The Hall–Kier alpha value is -0.830. The Morgan fingerprint density at radius 1 is 1.53 bits per heavy atom. The van der Waals surface area contributed by atoms with Crippen LogP contribution >= 0.6 is 0 Å². The number of carbonyl (C=O) groups is 1. The van der Waals surface area contributed by atoms with E-state index in [0.717, 1.165) is 45.3 Å². The Kier molecular flexibility index (Phi) is 6.27. The number of hydrogen-bond donors (Lipinski definition) is 1. The topological polar surface area (TPSA) is 46.3 Å². The summed E-state index contributed by atoms with van der Waals surface area (Å²) >= 11 is 0. The lowest BCUT2D eigenvalue weighted by molar-refractivity contribution is -0.131. The van der Waals surface area contributed by atoms with Crippen LogP contribution in [0.3, 0.4) is 0 Å². The Morgan fingerprint density at radius 3 is 2.82 bits per heavy atom. The molecule has 1 aliphatic heterocycles. The number of nitrogens with zero attached hydrogens (tertiary/aromatic N) is 1. The van der Waals surface area contributed by atoms with E-state index in [1.807, 2.05) is 4.90 Å². The second-order valence-electron chi connectivity index (χ2n) is 5.03. The molecule has 1 amide bonds. The first-order valence-corrected chi connectivity index (χ1v) is 6.80. The molecule has 1 heterocycles. The monoisotopic (exact) mass is 238 g/mol. The summed E-state index contributed by atoms with van der Waals surface area (Å²) < 4.78 is 0. The van der Waals surface area contributed by atoms with E-state index in [0.29, 0.717) is 18.2 Å². The molecule has 1 unspecified atom stereocenters. The number of carbonyl (C=O) groups excluding carboxylic acids is 1. The third kappa shape index (κ3) is 4.90. The summed E-state index contributed by atoms with van der Waals surface area (Å²) in [7, 11) is 0. The van der Waals surface area contributed by atoms with Crippen molar-refractivity contribution in [1.29, 1.82) is 0 Å². The van der Waals surface area contributed by atoms with Gasteiger partial charge in [0.2, 0.25) is 5.91 Å². The van der Waals surface area contributed by atoms with Crippen molar-refractivity contribution in [2.24, 2.45) is 11.7 Å². The molecule has 0 saturated carbocycles. The van der Waals surface area contributed by atoms with Crippen LogP contribution in [0.4, 0.5) is 0 Å². The van der Waals surface area contributed by atoms with E-state index in [1.165, 1.54) is 5.57 Å². The summed E-state index contributed by atoms with van der Waals surface area (Å²) in [5.74, 6) is 0.926. The fourth-order valence-electron chi connectivity index (χ4n) is 2.27. The zero-order valence-corrected chi connectivity index (χ0v) is 11.2. The standard InChI is InChI=1S/C14H26N2O/c1-3-13(6-9-15)4-5-14(17)16-10-7-12(2)8-11-16/h7,13H,3-6,8-11,15H2,1-2H3. The summed E-state index contributed by atoms with van der Waals surface area (Å²) in [5, 5.41) is 0. The van der Waals surface area contributed by atoms with E-state index in [-0.39, 0.29) is 0 Å². The van der Waals surface area contributed by atoms with Crippen molar-refractivity contribution in [3.8, 4) is 0 Å². The summed E-state index contributed by atoms with van der Waals surface area (Å²) in [6, 6.07) is 0. The van der Waals surface area contributed by atoms with E-state index in [2.05, 4.69) is 19.9 Å². The van der Waals surface area contributed by atoms with Gasteiger partial charge in [-0.3, -0.25) is 4.79 Å². The maximum Gasteiger partial charge on any atom is 0.222 e. The Balaban J connectivity index is 2.29. The van der Waals surface area contributed by atoms with Crippen LogP contribution in [0.2, 0.25) is 0 Å². The van der Waals surface area contributed by atoms with Gasteiger partial charge in [-0.25, -0.2) is 0 Å². The number of nitrogens with two attached hydrogens (primary N) is 1. The SMILES string of the molecule is CCC(CCN)CCC(=O)N1CC=C(C)CC1. The molecule has 0 aromatic carbocycles. The highest BCUT2D eigenvalue weighted by molar-refractivity contribution is 5.76. The molecule has 0 aromatic rings. The van der Waals surface area contributed by atoms with Crippen LogP contribution in [0.1, 0.15) is 46.0 Å². The van der Waals surface area contributed by atoms with Gasteiger partial charge in [-0.1, -0.05) is 25.0 Å². The van der Waals surface area contributed by atoms with Gasteiger partial charge >= 0.3 is 0 Å². The molecule has 1 rings (SSSR count). The van der Waals surface area contributed by atoms with E-state index in [1.54, 1.807) is 0 Å². The fourth-order valence-corrected chi connectivity index (χ4v) is 2.27. The molecule has 2 N–H and O–H groups in total. The van der Waals surface area contributed by atoms with Crippen LogP contribution in [0.25, 0.3) is 0 Å². The Bertz CT molecular complexity index is 273. The molecule has 17 heavy (non-hydrogen) atoms. The molecular weight excluding hydrogens is 212 g/mol. The molecule has 3 heteroatoms. The Labute approximate surface area is 105 Å². The molecule has 0 bridgehead atoms. The van der Waals surface area contributed by atoms with Gasteiger partial charge < -0.3 is 10.6 Å². The summed E-state index contributed by atoms with van der Waals surface area (Å²) in [6.07, 6.45) is 7.05. The van der Waals surface area contributed by atoms with Gasteiger partial charge in [0.15, 0.2) is 0 Å². The average molecular weight is 238 g/mol. The number of rotatable bonds is 6. The highest BCUT2D eigenvalue weighted by atomic mass is 16.2. The first kappa shape index (κ1) is 14.2. The predicted octanol–water partition coefficient (Wildman–Crippen LogP) is 2.32. The first-order chi connectivity index (χ1) is 8.17. The van der Waals surface area contributed by atoms with Gasteiger partial charge in [-0.2, -0.15) is 0 Å². The van der Waals surface area contributed by atoms with Crippen molar-refractivity contribution in [3.63, 3.8) is 0 Å². The third-order valence-electron chi connectivity index (χ3n) is 3.71. The van der Waals surface area contributed by atoms with Crippen molar-refractivity contribution < 1.29 is 4.79 Å². The van der Waals surface area contributed by atoms with E-state index in [4.69, 9.17) is 5.73 Å². The van der Waals surface area contributed by atoms with Crippen LogP contribution < -0.4 is 5.73 Å². The molecule has 0 radical (unpaired) electrons. The second kappa shape index (κ2) is 7.49. The fraction of sp³-hybridized carbons (Fsp3) is 0.786. The highest BCUT2D eigenvalue weighted by Gasteiger charge is 2.16. The minimum absolute atomic E-state index is 0.309. The van der Waals surface area contributed by atoms with Crippen molar-refractivity contribution in [1.82, 2.24) is 4.90 Å². The molecule has 98 valence electrons. The van der Waals surface area contributed by atoms with Crippen LogP contribution in [-0.2, 0) is 4.79 Å². The van der Waals surface area contributed by atoms with Gasteiger partial charge in [0.05, 0.1) is 0 Å². The van der Waals surface area contributed by atoms with Crippen LogP contribution in [0.15, 0.2) is 11.6 Å². The maximum atomic E-state index is 12.0. The van der Waals surface area contributed by atoms with Gasteiger partial charge in [0.25, 0.3) is 0 Å². The molecule has 3 nitrogen and oxygen atoms in total. The quantitative estimate of drug-likeness (QED) is 0.722. The summed E-state index contributed by atoms with van der Waals surface area (Å²) in [5.41, 5.74) is 6.97. The normalized spacial score (nSPS) is 17.8. The van der Waals surface area contributed by atoms with Crippen LogP contribution in [0.5, 0.6) is 0 Å². The molecule has 0 aromatic heterocycles. The van der Waals surface area contributed by atoms with Gasteiger partial charge in [0.1, 0.15) is 0 Å². The lowest BCUT2D eigenvalue weighted by Gasteiger charge is -2.26. The molecular formula is C14H26N2O. The maximum absolute atomic E-state index is 12.0. The second-order valence-corrected chi connectivity index (χ2v) is 5.03. The minimum atomic E-state index is 0.309. The molecule has 1 aliphatic rings. The predicted molar refractivity (Wildman–Crippen MR) is 71.6 cm³/mol.